The van der Waals surface area contributed by atoms with Crippen LogP contribution in [0.2, 0.25) is 5.02 Å². The minimum atomic E-state index is -0.00377. The van der Waals surface area contributed by atoms with Gasteiger partial charge < -0.3 is 10.3 Å². The zero-order chi connectivity index (χ0) is 14.3. The van der Waals surface area contributed by atoms with Gasteiger partial charge in [-0.1, -0.05) is 42.9 Å². The number of hydrogen-bond donors (Lipinski definition) is 2. The van der Waals surface area contributed by atoms with Crippen molar-refractivity contribution in [2.75, 3.05) is 0 Å². The Morgan fingerprint density at radius 3 is 3.00 bits per heavy atom. The minimum Gasteiger partial charge on any atom is -0.315 e. The summed E-state index contributed by atoms with van der Waals surface area (Å²) in [6.45, 7) is 5.18. The van der Waals surface area contributed by atoms with Gasteiger partial charge in [0, 0.05) is 28.7 Å². The second-order valence-corrected chi connectivity index (χ2v) is 7.27. The summed E-state index contributed by atoms with van der Waals surface area (Å²) in [6, 6.07) is 6.38. The third kappa shape index (κ3) is 2.55. The molecule has 1 aliphatic rings. The first kappa shape index (κ1) is 13.9. The molecule has 1 aromatic carbocycles. The first-order valence-electron chi connectivity index (χ1n) is 6.64. The van der Waals surface area contributed by atoms with Crippen LogP contribution in [-0.4, -0.2) is 4.98 Å². The van der Waals surface area contributed by atoms with Gasteiger partial charge in [-0.25, -0.2) is 0 Å². The number of aromatic amines is 1. The summed E-state index contributed by atoms with van der Waals surface area (Å²) in [7, 11) is 0. The standard InChI is InChI=1S/C15H17ClN2OS/c1-15(2)6-9-3-4-10(16)5-12(9)13(15)17-7-11-8-20-14(19)18-11/h3-5,8,13,17H,6-7H2,1-2H3,(H,18,19). The molecule has 0 saturated heterocycles. The lowest BCUT2D eigenvalue weighted by atomic mass is 9.85. The predicted octanol–water partition coefficient (Wildman–Crippen LogP) is 3.50. The van der Waals surface area contributed by atoms with Crippen LogP contribution in [0.4, 0.5) is 0 Å². The number of H-pyrrole nitrogens is 1. The molecule has 1 unspecified atom stereocenters. The molecule has 1 heterocycles. The molecular formula is C15H17ClN2OS. The number of thiazole rings is 1. The molecule has 0 radical (unpaired) electrons. The van der Waals surface area contributed by atoms with Crippen molar-refractivity contribution in [2.45, 2.75) is 32.9 Å². The number of nitrogens with one attached hydrogen (secondary N) is 2. The largest absolute Gasteiger partial charge is 0.315 e. The van der Waals surface area contributed by atoms with Gasteiger partial charge in [-0.15, -0.1) is 0 Å². The van der Waals surface area contributed by atoms with Gasteiger partial charge in [0.15, 0.2) is 0 Å². The molecule has 3 rings (SSSR count). The lowest BCUT2D eigenvalue weighted by Gasteiger charge is -2.28. The number of halogens is 1. The Morgan fingerprint density at radius 1 is 1.50 bits per heavy atom. The molecule has 2 aromatic rings. The van der Waals surface area contributed by atoms with Crippen molar-refractivity contribution in [3.63, 3.8) is 0 Å². The van der Waals surface area contributed by atoms with E-state index in [1.54, 1.807) is 0 Å². The van der Waals surface area contributed by atoms with E-state index in [2.05, 4.69) is 36.3 Å². The van der Waals surface area contributed by atoms with Crippen molar-refractivity contribution >= 4 is 22.9 Å². The monoisotopic (exact) mass is 308 g/mol. The van der Waals surface area contributed by atoms with E-state index in [4.69, 9.17) is 11.6 Å². The Labute approximate surface area is 127 Å². The van der Waals surface area contributed by atoms with Gasteiger partial charge in [0.05, 0.1) is 0 Å². The molecule has 1 atom stereocenters. The normalized spacial score (nSPS) is 20.1. The van der Waals surface area contributed by atoms with E-state index >= 15 is 0 Å². The average Bonchev–Trinajstić information content (AvgIpc) is 2.87. The molecule has 0 bridgehead atoms. The summed E-state index contributed by atoms with van der Waals surface area (Å²) in [4.78, 5) is 14.0. The summed E-state index contributed by atoms with van der Waals surface area (Å²) in [6.07, 6.45) is 1.04. The SMILES string of the molecule is CC1(C)Cc2ccc(Cl)cc2C1NCc1csc(=O)[nH]1. The van der Waals surface area contributed by atoms with Gasteiger partial charge in [-0.2, -0.15) is 0 Å². The maximum Gasteiger partial charge on any atom is 0.304 e. The van der Waals surface area contributed by atoms with Crippen LogP contribution >= 0.6 is 22.9 Å². The van der Waals surface area contributed by atoms with Gasteiger partial charge in [-0.3, -0.25) is 4.79 Å². The van der Waals surface area contributed by atoms with Crippen LogP contribution in [0.5, 0.6) is 0 Å². The topological polar surface area (TPSA) is 44.9 Å². The highest BCUT2D eigenvalue weighted by Gasteiger charge is 2.38. The Hall–Kier alpha value is -1.10. The van der Waals surface area contributed by atoms with Crippen molar-refractivity contribution in [2.24, 2.45) is 5.41 Å². The summed E-state index contributed by atoms with van der Waals surface area (Å²) in [5.74, 6) is 0. The molecule has 1 aromatic heterocycles. The summed E-state index contributed by atoms with van der Waals surface area (Å²) in [5.41, 5.74) is 3.71. The number of benzene rings is 1. The van der Waals surface area contributed by atoms with Crippen LogP contribution < -0.4 is 10.2 Å². The van der Waals surface area contributed by atoms with Crippen molar-refractivity contribution in [3.8, 4) is 0 Å². The molecule has 2 N–H and O–H groups in total. The molecule has 0 saturated carbocycles. The Bertz CT molecular complexity index is 689. The lowest BCUT2D eigenvalue weighted by molar-refractivity contribution is 0.267. The van der Waals surface area contributed by atoms with Gasteiger partial charge in [0.2, 0.25) is 0 Å². The Balaban J connectivity index is 1.84. The second-order valence-electron chi connectivity index (χ2n) is 6.00. The molecule has 0 fully saturated rings. The molecule has 0 amide bonds. The third-order valence-corrected chi connectivity index (χ3v) is 4.87. The molecule has 0 spiro atoms. The van der Waals surface area contributed by atoms with Crippen LogP contribution in [0.15, 0.2) is 28.4 Å². The summed E-state index contributed by atoms with van der Waals surface area (Å²) < 4.78 is 0. The van der Waals surface area contributed by atoms with Crippen molar-refractivity contribution in [3.05, 3.63) is 55.1 Å². The van der Waals surface area contributed by atoms with E-state index in [1.807, 2.05) is 11.4 Å². The molecule has 1 aliphatic carbocycles. The maximum absolute atomic E-state index is 11.2. The molecular weight excluding hydrogens is 292 g/mol. The molecule has 106 valence electrons. The van der Waals surface area contributed by atoms with Crippen molar-refractivity contribution in [1.29, 1.82) is 0 Å². The van der Waals surface area contributed by atoms with Crippen LogP contribution in [0.25, 0.3) is 0 Å². The van der Waals surface area contributed by atoms with Gasteiger partial charge in [0.25, 0.3) is 0 Å². The zero-order valence-electron chi connectivity index (χ0n) is 11.5. The first-order chi connectivity index (χ1) is 9.45. The van der Waals surface area contributed by atoms with E-state index in [1.165, 1.54) is 22.5 Å². The van der Waals surface area contributed by atoms with Gasteiger partial charge in [-0.05, 0) is 35.1 Å². The minimum absolute atomic E-state index is 0.00377. The summed E-state index contributed by atoms with van der Waals surface area (Å²) in [5, 5.41) is 6.21. The first-order valence-corrected chi connectivity index (χ1v) is 7.90. The Kier molecular flexibility index (Phi) is 3.48. The molecule has 0 aliphatic heterocycles. The number of fused-ring (bicyclic) bond motifs is 1. The third-order valence-electron chi connectivity index (χ3n) is 3.91. The fraction of sp³-hybridized carbons (Fsp3) is 0.400. The number of aromatic nitrogens is 1. The van der Waals surface area contributed by atoms with E-state index in [0.29, 0.717) is 6.54 Å². The number of hydrogen-bond acceptors (Lipinski definition) is 3. The van der Waals surface area contributed by atoms with Crippen LogP contribution in [0, 0.1) is 5.41 Å². The highest BCUT2D eigenvalue weighted by molar-refractivity contribution is 7.07. The van der Waals surface area contributed by atoms with Crippen LogP contribution in [0.1, 0.15) is 36.7 Å². The fourth-order valence-corrected chi connectivity index (χ4v) is 3.77. The van der Waals surface area contributed by atoms with E-state index in [-0.39, 0.29) is 16.3 Å². The van der Waals surface area contributed by atoms with Gasteiger partial charge >= 0.3 is 4.87 Å². The lowest BCUT2D eigenvalue weighted by Crippen LogP contribution is -2.31. The average molecular weight is 309 g/mol. The highest BCUT2D eigenvalue weighted by atomic mass is 35.5. The van der Waals surface area contributed by atoms with Crippen LogP contribution in [0.3, 0.4) is 0 Å². The zero-order valence-corrected chi connectivity index (χ0v) is 13.1. The molecule has 5 heteroatoms. The van der Waals surface area contributed by atoms with Crippen molar-refractivity contribution < 1.29 is 0 Å². The van der Waals surface area contributed by atoms with Gasteiger partial charge in [0.1, 0.15) is 0 Å². The highest BCUT2D eigenvalue weighted by Crippen LogP contribution is 2.45. The molecule has 3 nitrogen and oxygen atoms in total. The smallest absolute Gasteiger partial charge is 0.304 e. The predicted molar refractivity (Wildman–Crippen MR) is 83.5 cm³/mol. The summed E-state index contributed by atoms with van der Waals surface area (Å²) >= 11 is 7.33. The Morgan fingerprint density at radius 2 is 2.30 bits per heavy atom. The number of rotatable bonds is 3. The maximum atomic E-state index is 11.2. The van der Waals surface area contributed by atoms with Crippen molar-refractivity contribution in [1.82, 2.24) is 10.3 Å². The van der Waals surface area contributed by atoms with E-state index in [9.17, 15) is 4.79 Å². The van der Waals surface area contributed by atoms with E-state index in [0.717, 1.165) is 17.1 Å². The van der Waals surface area contributed by atoms with Crippen LogP contribution in [-0.2, 0) is 13.0 Å². The quantitative estimate of drug-likeness (QED) is 0.911. The fourth-order valence-electron chi connectivity index (χ4n) is 3.01. The second kappa shape index (κ2) is 5.02. The van der Waals surface area contributed by atoms with E-state index < -0.39 is 0 Å². The molecule has 20 heavy (non-hydrogen) atoms.